The number of hydrogen-bond donors (Lipinski definition) is 1. The fourth-order valence-corrected chi connectivity index (χ4v) is 2.61. The van der Waals surface area contributed by atoms with Gasteiger partial charge in [-0.2, -0.15) is 0 Å². The molecule has 0 saturated carbocycles. The number of hydrogen-bond acceptors (Lipinski definition) is 4. The summed E-state index contributed by atoms with van der Waals surface area (Å²) in [6, 6.07) is 0. The molecule has 1 aliphatic rings. The third-order valence-electron chi connectivity index (χ3n) is 3.49. The first-order valence-corrected chi connectivity index (χ1v) is 6.77. The van der Waals surface area contributed by atoms with E-state index in [1.807, 2.05) is 7.05 Å². The minimum Gasteiger partial charge on any atom is -0.381 e. The van der Waals surface area contributed by atoms with Crippen LogP contribution < -0.4 is 5.32 Å². The van der Waals surface area contributed by atoms with Crippen LogP contribution in [0.4, 0.5) is 5.82 Å². The first-order valence-electron chi connectivity index (χ1n) is 6.77. The molecule has 1 aromatic rings. The molecule has 4 nitrogen and oxygen atoms in total. The highest BCUT2D eigenvalue weighted by molar-refractivity contribution is 5.48. The second-order valence-electron chi connectivity index (χ2n) is 5.25. The maximum atomic E-state index is 5.53. The normalized spacial score (nSPS) is 20.2. The van der Waals surface area contributed by atoms with E-state index in [2.05, 4.69) is 26.1 Å². The van der Waals surface area contributed by atoms with E-state index in [1.54, 1.807) is 0 Å². The van der Waals surface area contributed by atoms with E-state index < -0.39 is 0 Å². The Hall–Kier alpha value is -1.16. The van der Waals surface area contributed by atoms with Gasteiger partial charge in [0.25, 0.3) is 0 Å². The summed E-state index contributed by atoms with van der Waals surface area (Å²) in [5.41, 5.74) is 2.31. The second kappa shape index (κ2) is 5.65. The van der Waals surface area contributed by atoms with E-state index in [0.717, 1.165) is 43.4 Å². The molecule has 1 aromatic heterocycles. The zero-order valence-corrected chi connectivity index (χ0v) is 11.8. The van der Waals surface area contributed by atoms with Crippen molar-refractivity contribution in [2.45, 2.75) is 45.4 Å². The highest BCUT2D eigenvalue weighted by Crippen LogP contribution is 2.29. The topological polar surface area (TPSA) is 47.0 Å². The van der Waals surface area contributed by atoms with Crippen molar-refractivity contribution in [3.63, 3.8) is 0 Å². The van der Waals surface area contributed by atoms with Crippen molar-refractivity contribution in [1.29, 1.82) is 0 Å². The van der Waals surface area contributed by atoms with E-state index in [4.69, 9.17) is 14.7 Å². The Bertz CT molecular complexity index is 412. The molecule has 0 bridgehead atoms. The zero-order valence-electron chi connectivity index (χ0n) is 11.8. The summed E-state index contributed by atoms with van der Waals surface area (Å²) in [6.45, 7) is 8.05. The van der Waals surface area contributed by atoms with Crippen LogP contribution in [0.3, 0.4) is 0 Å². The molecule has 2 heterocycles. The van der Waals surface area contributed by atoms with Crippen molar-refractivity contribution in [2.75, 3.05) is 25.6 Å². The predicted octanol–water partition coefficient (Wildman–Crippen LogP) is 2.84. The fourth-order valence-electron chi connectivity index (χ4n) is 2.61. The Morgan fingerprint density at radius 1 is 1.33 bits per heavy atom. The van der Waals surface area contributed by atoms with E-state index >= 15 is 0 Å². The molecule has 0 aromatic carbocycles. The van der Waals surface area contributed by atoms with Crippen molar-refractivity contribution in [3.8, 4) is 0 Å². The molecule has 100 valence electrons. The third-order valence-corrected chi connectivity index (χ3v) is 3.49. The Balaban J connectivity index is 2.35. The van der Waals surface area contributed by atoms with Gasteiger partial charge in [-0.15, -0.1) is 0 Å². The quantitative estimate of drug-likeness (QED) is 0.894. The fraction of sp³-hybridized carbons (Fsp3) is 0.714. The largest absolute Gasteiger partial charge is 0.381 e. The molecule has 0 spiro atoms. The SMILES string of the molecule is CNc1nc(C2CCCOC2)nc(C)c1C(C)C. The molecule has 1 fully saturated rings. The van der Waals surface area contributed by atoms with Crippen molar-refractivity contribution in [2.24, 2.45) is 0 Å². The number of aromatic nitrogens is 2. The minimum atomic E-state index is 0.353. The zero-order chi connectivity index (χ0) is 13.1. The Morgan fingerprint density at radius 2 is 2.11 bits per heavy atom. The van der Waals surface area contributed by atoms with Crippen molar-refractivity contribution >= 4 is 5.82 Å². The molecule has 4 heteroatoms. The molecule has 0 amide bonds. The maximum absolute atomic E-state index is 5.53. The van der Waals surface area contributed by atoms with Crippen LogP contribution in [0.5, 0.6) is 0 Å². The predicted molar refractivity (Wildman–Crippen MR) is 73.2 cm³/mol. The van der Waals surface area contributed by atoms with Crippen LogP contribution >= 0.6 is 0 Å². The van der Waals surface area contributed by atoms with E-state index in [1.165, 1.54) is 5.56 Å². The van der Waals surface area contributed by atoms with Crippen LogP contribution in [-0.2, 0) is 4.74 Å². The Morgan fingerprint density at radius 3 is 2.67 bits per heavy atom. The Kier molecular flexibility index (Phi) is 4.17. The minimum absolute atomic E-state index is 0.353. The molecule has 0 radical (unpaired) electrons. The third kappa shape index (κ3) is 2.64. The van der Waals surface area contributed by atoms with Crippen LogP contribution in [0.15, 0.2) is 0 Å². The van der Waals surface area contributed by atoms with Crippen LogP contribution in [0, 0.1) is 6.92 Å². The molecule has 1 atom stereocenters. The van der Waals surface area contributed by atoms with Crippen molar-refractivity contribution < 1.29 is 4.74 Å². The lowest BCUT2D eigenvalue weighted by atomic mass is 9.99. The molecule has 1 aliphatic heterocycles. The van der Waals surface area contributed by atoms with E-state index in [-0.39, 0.29) is 0 Å². The lowest BCUT2D eigenvalue weighted by Gasteiger charge is -2.23. The van der Waals surface area contributed by atoms with Crippen LogP contribution in [-0.4, -0.2) is 30.2 Å². The van der Waals surface area contributed by atoms with Gasteiger partial charge in [0.1, 0.15) is 11.6 Å². The van der Waals surface area contributed by atoms with E-state index in [9.17, 15) is 0 Å². The first kappa shape index (κ1) is 13.3. The molecule has 1 N–H and O–H groups in total. The molecule has 18 heavy (non-hydrogen) atoms. The summed E-state index contributed by atoms with van der Waals surface area (Å²) < 4.78 is 5.53. The average Bonchev–Trinajstić information content (AvgIpc) is 2.38. The van der Waals surface area contributed by atoms with Crippen molar-refractivity contribution in [1.82, 2.24) is 9.97 Å². The molecule has 1 saturated heterocycles. The summed E-state index contributed by atoms with van der Waals surface area (Å²) in [5.74, 6) is 2.69. The van der Waals surface area contributed by atoms with Crippen LogP contribution in [0.25, 0.3) is 0 Å². The van der Waals surface area contributed by atoms with Gasteiger partial charge < -0.3 is 10.1 Å². The maximum Gasteiger partial charge on any atom is 0.136 e. The monoisotopic (exact) mass is 249 g/mol. The number of rotatable bonds is 3. The number of aryl methyl sites for hydroxylation is 1. The first-order chi connectivity index (χ1) is 8.63. The number of nitrogens with one attached hydrogen (secondary N) is 1. The van der Waals surface area contributed by atoms with Gasteiger partial charge in [0.15, 0.2) is 0 Å². The lowest BCUT2D eigenvalue weighted by molar-refractivity contribution is 0.0780. The van der Waals surface area contributed by atoms with Gasteiger partial charge in [0.05, 0.1) is 6.61 Å². The van der Waals surface area contributed by atoms with Gasteiger partial charge in [0, 0.05) is 30.8 Å². The van der Waals surface area contributed by atoms with Gasteiger partial charge in [0.2, 0.25) is 0 Å². The van der Waals surface area contributed by atoms with Crippen molar-refractivity contribution in [3.05, 3.63) is 17.1 Å². The summed E-state index contributed by atoms with van der Waals surface area (Å²) in [7, 11) is 1.93. The highest BCUT2D eigenvalue weighted by atomic mass is 16.5. The number of anilines is 1. The highest BCUT2D eigenvalue weighted by Gasteiger charge is 2.22. The summed E-state index contributed by atoms with van der Waals surface area (Å²) >= 11 is 0. The van der Waals surface area contributed by atoms with Crippen LogP contribution in [0.1, 0.15) is 55.6 Å². The van der Waals surface area contributed by atoms with E-state index in [0.29, 0.717) is 11.8 Å². The summed E-state index contributed by atoms with van der Waals surface area (Å²) in [6.07, 6.45) is 2.23. The molecular formula is C14H23N3O. The standard InChI is InChI=1S/C14H23N3O/c1-9(2)12-10(3)16-13(17-14(12)15-4)11-6-5-7-18-8-11/h9,11H,5-8H2,1-4H3,(H,15,16,17). The molecule has 2 rings (SSSR count). The van der Waals surface area contributed by atoms with Gasteiger partial charge in [-0.1, -0.05) is 13.8 Å². The summed E-state index contributed by atoms with van der Waals surface area (Å²) in [5, 5.41) is 3.21. The smallest absolute Gasteiger partial charge is 0.136 e. The van der Waals surface area contributed by atoms with Gasteiger partial charge in [-0.25, -0.2) is 9.97 Å². The molecular weight excluding hydrogens is 226 g/mol. The summed E-state index contributed by atoms with van der Waals surface area (Å²) in [4.78, 5) is 9.39. The lowest BCUT2D eigenvalue weighted by Crippen LogP contribution is -2.19. The molecule has 0 aliphatic carbocycles. The number of nitrogens with zero attached hydrogens (tertiary/aromatic N) is 2. The average molecular weight is 249 g/mol. The number of ether oxygens (including phenoxy) is 1. The van der Waals surface area contributed by atoms with Gasteiger partial charge in [-0.05, 0) is 25.7 Å². The molecule has 1 unspecified atom stereocenters. The second-order valence-corrected chi connectivity index (χ2v) is 5.25. The van der Waals surface area contributed by atoms with Gasteiger partial charge in [-0.3, -0.25) is 0 Å². The Labute approximate surface area is 109 Å². The van der Waals surface area contributed by atoms with Crippen LogP contribution in [0.2, 0.25) is 0 Å². The van der Waals surface area contributed by atoms with Gasteiger partial charge >= 0.3 is 0 Å².